The van der Waals surface area contributed by atoms with E-state index < -0.39 is 17.4 Å². The molecule has 1 aromatic carbocycles. The van der Waals surface area contributed by atoms with E-state index in [0.29, 0.717) is 18.5 Å². The number of benzene rings is 1. The first-order chi connectivity index (χ1) is 11.4. The second-order valence-electron chi connectivity index (χ2n) is 6.17. The molecule has 7 heteroatoms. The molecule has 1 saturated carbocycles. The molecule has 0 atom stereocenters. The number of aliphatic hydroxyl groups is 1. The van der Waals surface area contributed by atoms with Crippen molar-refractivity contribution in [3.8, 4) is 0 Å². The molecule has 1 fully saturated rings. The number of alkyl halides is 2. The Morgan fingerprint density at radius 2 is 2.08 bits per heavy atom. The van der Waals surface area contributed by atoms with Gasteiger partial charge in [-0.1, -0.05) is 24.3 Å². The molecule has 0 radical (unpaired) electrons. The van der Waals surface area contributed by atoms with E-state index in [4.69, 9.17) is 0 Å². The summed E-state index contributed by atoms with van der Waals surface area (Å²) in [7, 11) is 0. The van der Waals surface area contributed by atoms with Crippen molar-refractivity contribution in [2.45, 2.75) is 43.9 Å². The molecule has 2 N–H and O–H groups in total. The number of nitrogens with zero attached hydrogens (tertiary/aromatic N) is 2. The van der Waals surface area contributed by atoms with E-state index >= 15 is 0 Å². The molecular formula is C17H19F2N3O2. The van der Waals surface area contributed by atoms with Crippen LogP contribution in [-0.2, 0) is 17.9 Å². The maximum atomic E-state index is 14.0. The second-order valence-corrected chi connectivity index (χ2v) is 6.17. The van der Waals surface area contributed by atoms with E-state index in [9.17, 15) is 18.7 Å². The van der Waals surface area contributed by atoms with Crippen LogP contribution >= 0.6 is 0 Å². The molecule has 1 aliphatic rings. The normalized spacial score (nSPS) is 16.5. The van der Waals surface area contributed by atoms with Crippen LogP contribution in [0.3, 0.4) is 0 Å². The van der Waals surface area contributed by atoms with Crippen LogP contribution in [0.2, 0.25) is 0 Å². The van der Waals surface area contributed by atoms with Gasteiger partial charge in [0, 0.05) is 18.9 Å². The fraction of sp³-hybridized carbons (Fsp3) is 0.412. The highest BCUT2D eigenvalue weighted by Gasteiger charge is 2.61. The van der Waals surface area contributed by atoms with Crippen molar-refractivity contribution in [3.63, 3.8) is 0 Å². The molecule has 1 aromatic heterocycles. The van der Waals surface area contributed by atoms with Gasteiger partial charge in [-0.05, 0) is 36.5 Å². The van der Waals surface area contributed by atoms with E-state index in [2.05, 4.69) is 10.4 Å². The summed E-state index contributed by atoms with van der Waals surface area (Å²) in [5.41, 5.74) is -0.529. The SMILES string of the molecule is O=C(NCc1cccc(Cn2cccn2)c1)C(F)(F)C1(O)CCC1. The summed E-state index contributed by atoms with van der Waals surface area (Å²) in [6.07, 6.45) is 3.92. The molecular weight excluding hydrogens is 316 g/mol. The molecule has 0 unspecified atom stereocenters. The van der Waals surface area contributed by atoms with E-state index in [-0.39, 0.29) is 19.4 Å². The van der Waals surface area contributed by atoms with E-state index in [1.54, 1.807) is 23.0 Å². The Hall–Kier alpha value is -2.28. The molecule has 24 heavy (non-hydrogen) atoms. The topological polar surface area (TPSA) is 67.2 Å². The van der Waals surface area contributed by atoms with Gasteiger partial charge in [0.05, 0.1) is 6.54 Å². The Bertz CT molecular complexity index is 712. The van der Waals surface area contributed by atoms with Gasteiger partial charge in [-0.15, -0.1) is 0 Å². The Kier molecular flexibility index (Phi) is 4.36. The standard InChI is InChI=1S/C17H19F2N3O2/c18-17(19,16(24)6-2-7-16)15(23)20-11-13-4-1-5-14(10-13)12-22-9-3-8-21-22/h1,3-5,8-10,24H,2,6-7,11-12H2,(H,20,23). The third-order valence-corrected chi connectivity index (χ3v) is 4.40. The van der Waals surface area contributed by atoms with Crippen LogP contribution in [-0.4, -0.2) is 32.3 Å². The smallest absolute Gasteiger partial charge is 0.352 e. The summed E-state index contributed by atoms with van der Waals surface area (Å²) >= 11 is 0. The van der Waals surface area contributed by atoms with Gasteiger partial charge in [-0.25, -0.2) is 0 Å². The monoisotopic (exact) mass is 335 g/mol. The van der Waals surface area contributed by atoms with Crippen LogP contribution in [0.15, 0.2) is 42.7 Å². The minimum atomic E-state index is -3.77. The van der Waals surface area contributed by atoms with E-state index in [1.807, 2.05) is 24.4 Å². The third-order valence-electron chi connectivity index (χ3n) is 4.40. The largest absolute Gasteiger partial charge is 0.383 e. The van der Waals surface area contributed by atoms with Gasteiger partial charge in [-0.3, -0.25) is 9.48 Å². The van der Waals surface area contributed by atoms with Crippen molar-refractivity contribution in [2.24, 2.45) is 0 Å². The first kappa shape index (κ1) is 16.6. The van der Waals surface area contributed by atoms with Crippen LogP contribution < -0.4 is 5.32 Å². The molecule has 1 heterocycles. The molecule has 1 amide bonds. The number of hydrogen-bond acceptors (Lipinski definition) is 3. The Morgan fingerprint density at radius 1 is 1.33 bits per heavy atom. The third kappa shape index (κ3) is 3.17. The van der Waals surface area contributed by atoms with Gasteiger partial charge in [0.25, 0.3) is 5.91 Å². The van der Waals surface area contributed by atoms with Crippen molar-refractivity contribution >= 4 is 5.91 Å². The van der Waals surface area contributed by atoms with Gasteiger partial charge in [-0.2, -0.15) is 13.9 Å². The number of carbonyl (C=O) groups excluding carboxylic acids is 1. The maximum absolute atomic E-state index is 14.0. The van der Waals surface area contributed by atoms with Gasteiger partial charge in [0.1, 0.15) is 5.60 Å². The fourth-order valence-corrected chi connectivity index (χ4v) is 2.75. The van der Waals surface area contributed by atoms with Crippen LogP contribution in [0.5, 0.6) is 0 Å². The molecule has 1 aliphatic carbocycles. The highest BCUT2D eigenvalue weighted by molar-refractivity contribution is 5.85. The lowest BCUT2D eigenvalue weighted by atomic mass is 9.75. The average Bonchev–Trinajstić information content (AvgIpc) is 3.03. The first-order valence-corrected chi connectivity index (χ1v) is 7.84. The zero-order valence-electron chi connectivity index (χ0n) is 13.1. The second kappa shape index (κ2) is 6.32. The van der Waals surface area contributed by atoms with E-state index in [0.717, 1.165) is 5.56 Å². The lowest BCUT2D eigenvalue weighted by Gasteiger charge is -2.41. The Balaban J connectivity index is 1.61. The zero-order chi connectivity index (χ0) is 17.2. The number of halogens is 2. The van der Waals surface area contributed by atoms with Gasteiger partial charge >= 0.3 is 5.92 Å². The molecule has 0 spiro atoms. The Labute approximate surface area is 138 Å². The van der Waals surface area contributed by atoms with Crippen LogP contribution in [0, 0.1) is 0 Å². The number of amides is 1. The summed E-state index contributed by atoms with van der Waals surface area (Å²) in [6.45, 7) is 0.544. The quantitative estimate of drug-likeness (QED) is 0.849. The van der Waals surface area contributed by atoms with Crippen molar-refractivity contribution in [1.82, 2.24) is 15.1 Å². The number of aromatic nitrogens is 2. The lowest BCUT2D eigenvalue weighted by Crippen LogP contribution is -2.60. The van der Waals surface area contributed by atoms with Gasteiger partial charge in [0.15, 0.2) is 0 Å². The van der Waals surface area contributed by atoms with Crippen molar-refractivity contribution in [2.75, 3.05) is 0 Å². The summed E-state index contributed by atoms with van der Waals surface area (Å²) < 4.78 is 29.8. The molecule has 5 nitrogen and oxygen atoms in total. The first-order valence-electron chi connectivity index (χ1n) is 7.84. The lowest BCUT2D eigenvalue weighted by molar-refractivity contribution is -0.216. The number of nitrogens with one attached hydrogen (secondary N) is 1. The predicted molar refractivity (Wildman–Crippen MR) is 83.4 cm³/mol. The number of rotatable bonds is 6. The zero-order valence-corrected chi connectivity index (χ0v) is 13.1. The van der Waals surface area contributed by atoms with Crippen LogP contribution in [0.1, 0.15) is 30.4 Å². The molecule has 0 saturated heterocycles. The predicted octanol–water partition coefficient (Wildman–Crippen LogP) is 2.10. The van der Waals surface area contributed by atoms with Crippen molar-refractivity contribution in [1.29, 1.82) is 0 Å². The minimum absolute atomic E-state index is 0.0164. The van der Waals surface area contributed by atoms with Gasteiger partial charge < -0.3 is 10.4 Å². The molecule has 0 bridgehead atoms. The summed E-state index contributed by atoms with van der Waals surface area (Å²) in [6, 6.07) is 9.11. The molecule has 3 rings (SSSR count). The maximum Gasteiger partial charge on any atom is 0.352 e. The van der Waals surface area contributed by atoms with Crippen molar-refractivity contribution in [3.05, 3.63) is 53.9 Å². The highest BCUT2D eigenvalue weighted by atomic mass is 19.3. The molecule has 2 aromatic rings. The van der Waals surface area contributed by atoms with Gasteiger partial charge in [0.2, 0.25) is 0 Å². The fourth-order valence-electron chi connectivity index (χ4n) is 2.75. The van der Waals surface area contributed by atoms with Crippen LogP contribution in [0.4, 0.5) is 8.78 Å². The van der Waals surface area contributed by atoms with Crippen LogP contribution in [0.25, 0.3) is 0 Å². The average molecular weight is 335 g/mol. The summed E-state index contributed by atoms with van der Waals surface area (Å²) in [5, 5.41) is 16.1. The molecule has 0 aliphatic heterocycles. The Morgan fingerprint density at radius 3 is 2.71 bits per heavy atom. The van der Waals surface area contributed by atoms with E-state index in [1.165, 1.54) is 0 Å². The minimum Gasteiger partial charge on any atom is -0.383 e. The molecule has 128 valence electrons. The summed E-state index contributed by atoms with van der Waals surface area (Å²) in [4.78, 5) is 11.8. The number of carbonyl (C=O) groups is 1. The van der Waals surface area contributed by atoms with Crippen molar-refractivity contribution < 1.29 is 18.7 Å². The highest BCUT2D eigenvalue weighted by Crippen LogP contribution is 2.44. The summed E-state index contributed by atoms with van der Waals surface area (Å²) in [5.74, 6) is -5.19. The number of hydrogen-bond donors (Lipinski definition) is 2.